The summed E-state index contributed by atoms with van der Waals surface area (Å²) in [6.45, 7) is 2.53. The molecule has 2 saturated heterocycles. The van der Waals surface area contributed by atoms with E-state index in [-0.39, 0.29) is 11.9 Å². The molecular weight excluding hydrogens is 372 g/mol. The quantitative estimate of drug-likeness (QED) is 0.679. The zero-order valence-corrected chi connectivity index (χ0v) is 16.4. The van der Waals surface area contributed by atoms with E-state index >= 15 is 0 Å². The van der Waals surface area contributed by atoms with E-state index in [9.17, 15) is 4.79 Å². The van der Waals surface area contributed by atoms with Crippen molar-refractivity contribution < 1.29 is 4.79 Å². The second-order valence-corrected chi connectivity index (χ2v) is 8.34. The fraction of sp³-hybridized carbons (Fsp3) is 0.400. The summed E-state index contributed by atoms with van der Waals surface area (Å²) in [7, 11) is 0. The number of aromatic nitrogens is 4. The molecule has 5 rings (SSSR count). The van der Waals surface area contributed by atoms with Crippen molar-refractivity contribution in [3.8, 4) is 5.69 Å². The molecule has 1 aromatic carbocycles. The predicted octanol–water partition coefficient (Wildman–Crippen LogP) is 2.36. The Morgan fingerprint density at radius 3 is 2.71 bits per heavy atom. The summed E-state index contributed by atoms with van der Waals surface area (Å²) in [5.41, 5.74) is 1.73. The van der Waals surface area contributed by atoms with E-state index in [1.807, 2.05) is 57.9 Å². The second-order valence-electron chi connectivity index (χ2n) is 7.12. The van der Waals surface area contributed by atoms with Crippen LogP contribution in [0.15, 0.2) is 42.9 Å². The van der Waals surface area contributed by atoms with Crippen molar-refractivity contribution in [1.82, 2.24) is 24.6 Å². The summed E-state index contributed by atoms with van der Waals surface area (Å²) >= 11 is 1.92. The smallest absolute Gasteiger partial charge is 0.245 e. The van der Waals surface area contributed by atoms with Crippen LogP contribution < -0.4 is 4.90 Å². The van der Waals surface area contributed by atoms with E-state index in [4.69, 9.17) is 0 Å². The Bertz CT molecular complexity index is 985. The van der Waals surface area contributed by atoms with Crippen molar-refractivity contribution in [3.63, 3.8) is 0 Å². The van der Waals surface area contributed by atoms with Gasteiger partial charge in [0.05, 0.1) is 17.3 Å². The minimum atomic E-state index is -0.138. The Morgan fingerprint density at radius 2 is 1.89 bits per heavy atom. The van der Waals surface area contributed by atoms with E-state index in [1.54, 1.807) is 6.33 Å². The largest absolute Gasteiger partial charge is 0.344 e. The van der Waals surface area contributed by atoms with Gasteiger partial charge in [0, 0.05) is 31.1 Å². The lowest BCUT2D eigenvalue weighted by Gasteiger charge is -2.33. The highest BCUT2D eigenvalue weighted by Gasteiger charge is 2.36. The average Bonchev–Trinajstić information content (AvgIpc) is 3.42. The Hall–Kier alpha value is -2.61. The van der Waals surface area contributed by atoms with Gasteiger partial charge in [-0.1, -0.05) is 18.2 Å². The molecular formula is C20H22N6OS. The highest BCUT2D eigenvalue weighted by atomic mass is 32.2. The first-order chi connectivity index (χ1) is 13.8. The van der Waals surface area contributed by atoms with Crippen LogP contribution in [0.5, 0.6) is 0 Å². The third-order valence-corrected chi connectivity index (χ3v) is 6.42. The van der Waals surface area contributed by atoms with Crippen LogP contribution in [0.1, 0.15) is 12.8 Å². The number of fused-ring (bicyclic) bond motifs is 1. The fourth-order valence-electron chi connectivity index (χ4n) is 4.09. The number of nitrogens with zero attached hydrogens (tertiary/aromatic N) is 6. The molecule has 0 N–H and O–H groups in total. The Balaban J connectivity index is 1.50. The van der Waals surface area contributed by atoms with Crippen molar-refractivity contribution in [2.45, 2.75) is 18.9 Å². The van der Waals surface area contributed by atoms with Crippen LogP contribution >= 0.6 is 11.8 Å². The number of benzene rings is 1. The van der Waals surface area contributed by atoms with Crippen LogP contribution in [-0.4, -0.2) is 67.7 Å². The van der Waals surface area contributed by atoms with Gasteiger partial charge in [-0.3, -0.25) is 4.79 Å². The van der Waals surface area contributed by atoms with Gasteiger partial charge < -0.3 is 9.80 Å². The van der Waals surface area contributed by atoms with Crippen molar-refractivity contribution >= 4 is 34.5 Å². The standard InChI is InChI=1S/C20H22N6OS/c27-20(24-9-11-28-12-10-24)17-7-4-8-25(17)18-16-13-23-26(19(16)22-14-21-18)15-5-2-1-3-6-15/h1-3,5-6,13-14,17H,4,7-12H2. The number of amides is 1. The third kappa shape index (κ3) is 3.01. The first-order valence-electron chi connectivity index (χ1n) is 9.70. The summed E-state index contributed by atoms with van der Waals surface area (Å²) < 4.78 is 1.83. The molecule has 4 heterocycles. The van der Waals surface area contributed by atoms with E-state index in [0.29, 0.717) is 0 Å². The molecule has 1 amide bonds. The molecule has 8 heteroatoms. The first kappa shape index (κ1) is 17.5. The average molecular weight is 395 g/mol. The molecule has 0 bridgehead atoms. The number of para-hydroxylation sites is 1. The lowest BCUT2D eigenvalue weighted by Crippen LogP contribution is -2.48. The zero-order chi connectivity index (χ0) is 18.9. The van der Waals surface area contributed by atoms with E-state index in [1.165, 1.54) is 0 Å². The number of carbonyl (C=O) groups excluding carboxylic acids is 1. The molecule has 0 spiro atoms. The molecule has 0 saturated carbocycles. The Labute approximate surface area is 167 Å². The van der Waals surface area contributed by atoms with Crippen molar-refractivity contribution in [2.24, 2.45) is 0 Å². The summed E-state index contributed by atoms with van der Waals surface area (Å²) in [5, 5.41) is 5.44. The molecule has 2 aliphatic heterocycles. The van der Waals surface area contributed by atoms with Crippen LogP contribution in [-0.2, 0) is 4.79 Å². The lowest BCUT2D eigenvalue weighted by molar-refractivity contribution is -0.132. The SMILES string of the molecule is O=C(C1CCCN1c1ncnc2c1cnn2-c1ccccc1)N1CCSCC1. The molecule has 2 fully saturated rings. The van der Waals surface area contributed by atoms with Crippen LogP contribution in [0.25, 0.3) is 16.7 Å². The normalized spacial score (nSPS) is 20.1. The molecule has 2 aromatic heterocycles. The molecule has 0 aliphatic carbocycles. The number of anilines is 1. The summed E-state index contributed by atoms with van der Waals surface area (Å²) in [5.74, 6) is 3.11. The van der Waals surface area contributed by atoms with Crippen LogP contribution in [0, 0.1) is 0 Å². The van der Waals surface area contributed by atoms with Gasteiger partial charge in [-0.05, 0) is 25.0 Å². The topological polar surface area (TPSA) is 67.2 Å². The number of carbonyl (C=O) groups is 1. The molecule has 0 radical (unpaired) electrons. The predicted molar refractivity (Wildman–Crippen MR) is 111 cm³/mol. The van der Waals surface area contributed by atoms with Crippen molar-refractivity contribution in [2.75, 3.05) is 36.0 Å². The molecule has 3 aromatic rings. The Morgan fingerprint density at radius 1 is 1.07 bits per heavy atom. The minimum absolute atomic E-state index is 0.138. The minimum Gasteiger partial charge on any atom is -0.344 e. The zero-order valence-electron chi connectivity index (χ0n) is 15.6. The van der Waals surface area contributed by atoms with Gasteiger partial charge in [-0.25, -0.2) is 14.6 Å². The maximum atomic E-state index is 13.2. The summed E-state index contributed by atoms with van der Waals surface area (Å²) in [4.78, 5) is 26.4. The number of hydrogen-bond donors (Lipinski definition) is 0. The number of rotatable bonds is 3. The second kappa shape index (κ2) is 7.43. The first-order valence-corrected chi connectivity index (χ1v) is 10.9. The molecule has 144 valence electrons. The van der Waals surface area contributed by atoms with Crippen molar-refractivity contribution in [3.05, 3.63) is 42.9 Å². The maximum Gasteiger partial charge on any atom is 0.245 e. The van der Waals surface area contributed by atoms with Gasteiger partial charge in [0.1, 0.15) is 18.2 Å². The fourth-order valence-corrected chi connectivity index (χ4v) is 4.99. The third-order valence-electron chi connectivity index (χ3n) is 5.48. The molecule has 2 aliphatic rings. The van der Waals surface area contributed by atoms with E-state index in [0.717, 1.165) is 66.5 Å². The van der Waals surface area contributed by atoms with Gasteiger partial charge in [-0.2, -0.15) is 16.9 Å². The van der Waals surface area contributed by atoms with E-state index in [2.05, 4.69) is 20.0 Å². The monoisotopic (exact) mass is 394 g/mol. The molecule has 1 unspecified atom stereocenters. The highest BCUT2D eigenvalue weighted by molar-refractivity contribution is 7.99. The van der Waals surface area contributed by atoms with Crippen LogP contribution in [0.3, 0.4) is 0 Å². The van der Waals surface area contributed by atoms with Gasteiger partial charge in [-0.15, -0.1) is 0 Å². The van der Waals surface area contributed by atoms with Gasteiger partial charge in [0.25, 0.3) is 0 Å². The highest BCUT2D eigenvalue weighted by Crippen LogP contribution is 2.31. The Kier molecular flexibility index (Phi) is 4.64. The van der Waals surface area contributed by atoms with Crippen molar-refractivity contribution in [1.29, 1.82) is 0 Å². The summed E-state index contributed by atoms with van der Waals surface area (Å²) in [6.07, 6.45) is 5.27. The molecule has 7 nitrogen and oxygen atoms in total. The van der Waals surface area contributed by atoms with E-state index < -0.39 is 0 Å². The number of thioether (sulfide) groups is 1. The summed E-state index contributed by atoms with van der Waals surface area (Å²) in [6, 6.07) is 9.82. The maximum absolute atomic E-state index is 13.2. The van der Waals surface area contributed by atoms with Crippen LogP contribution in [0.4, 0.5) is 5.82 Å². The van der Waals surface area contributed by atoms with Gasteiger partial charge in [0.15, 0.2) is 5.65 Å². The molecule has 28 heavy (non-hydrogen) atoms. The molecule has 1 atom stereocenters. The van der Waals surface area contributed by atoms with Gasteiger partial charge in [0.2, 0.25) is 5.91 Å². The lowest BCUT2D eigenvalue weighted by atomic mass is 10.2. The van der Waals surface area contributed by atoms with Gasteiger partial charge >= 0.3 is 0 Å². The van der Waals surface area contributed by atoms with Crippen LogP contribution in [0.2, 0.25) is 0 Å². The number of hydrogen-bond acceptors (Lipinski definition) is 6.